The van der Waals surface area contributed by atoms with Crippen LogP contribution < -0.4 is 5.32 Å². The van der Waals surface area contributed by atoms with Crippen LogP contribution in [-0.2, 0) is 20.6 Å². The highest BCUT2D eigenvalue weighted by atomic mass is 16.5. The number of benzene rings is 1. The molecule has 1 N–H and O–H groups in total. The van der Waals surface area contributed by atoms with Crippen LogP contribution in [0.15, 0.2) is 24.3 Å². The van der Waals surface area contributed by atoms with Gasteiger partial charge in [0.1, 0.15) is 0 Å². The predicted molar refractivity (Wildman–Crippen MR) is 81.9 cm³/mol. The fraction of sp³-hybridized carbons (Fsp3) is 0.500. The zero-order valence-electron chi connectivity index (χ0n) is 13.5. The number of hydrogen-bond acceptors (Lipinski definition) is 5. The average molecular weight is 309 g/mol. The smallest absolute Gasteiger partial charge is 0.407 e. The molecule has 0 bridgehead atoms. The lowest BCUT2D eigenvalue weighted by atomic mass is 9.91. The number of esters is 1. The fourth-order valence-electron chi connectivity index (χ4n) is 2.27. The van der Waals surface area contributed by atoms with E-state index in [4.69, 9.17) is 14.2 Å². The molecule has 6 heteroatoms. The molecule has 6 nitrogen and oxygen atoms in total. The summed E-state index contributed by atoms with van der Waals surface area (Å²) in [6.07, 6.45) is -0.108. The number of rotatable bonds is 7. The standard InChI is InChI=1S/C16H23NO5/c1-5-22-15(19)17-16(2,11-20-3)10-12-8-6-7-9-13(12)14(18)21-4/h6-9H,5,10-11H2,1-4H3,(H,17,19). The molecule has 122 valence electrons. The van der Waals surface area contributed by atoms with E-state index in [1.54, 1.807) is 26.2 Å². The lowest BCUT2D eigenvalue weighted by Crippen LogP contribution is -2.51. The number of methoxy groups -OCH3 is 2. The number of carbonyl (C=O) groups excluding carboxylic acids is 2. The summed E-state index contributed by atoms with van der Waals surface area (Å²) >= 11 is 0. The monoisotopic (exact) mass is 309 g/mol. The summed E-state index contributed by atoms with van der Waals surface area (Å²) in [6, 6.07) is 7.12. The number of alkyl carbamates (subject to hydrolysis) is 1. The Morgan fingerprint density at radius 1 is 1.23 bits per heavy atom. The number of ether oxygens (including phenoxy) is 3. The third-order valence-corrected chi connectivity index (χ3v) is 3.15. The fourth-order valence-corrected chi connectivity index (χ4v) is 2.27. The van der Waals surface area contributed by atoms with E-state index in [1.165, 1.54) is 7.11 Å². The molecule has 1 aromatic carbocycles. The van der Waals surface area contributed by atoms with Crippen molar-refractivity contribution in [3.63, 3.8) is 0 Å². The van der Waals surface area contributed by atoms with E-state index in [1.807, 2.05) is 19.1 Å². The lowest BCUT2D eigenvalue weighted by molar-refractivity contribution is 0.0598. The van der Waals surface area contributed by atoms with Gasteiger partial charge in [0.2, 0.25) is 0 Å². The Hall–Kier alpha value is -2.08. The Morgan fingerprint density at radius 3 is 2.50 bits per heavy atom. The molecule has 0 spiro atoms. The summed E-state index contributed by atoms with van der Waals surface area (Å²) in [4.78, 5) is 23.6. The van der Waals surface area contributed by atoms with Crippen LogP contribution in [0.1, 0.15) is 29.8 Å². The maximum atomic E-state index is 11.8. The van der Waals surface area contributed by atoms with Crippen LogP contribution in [0.4, 0.5) is 4.79 Å². The normalized spacial score (nSPS) is 13.1. The van der Waals surface area contributed by atoms with Gasteiger partial charge in [0, 0.05) is 7.11 Å². The van der Waals surface area contributed by atoms with Crippen molar-refractivity contribution in [2.75, 3.05) is 27.4 Å². The van der Waals surface area contributed by atoms with Crippen LogP contribution in [0, 0.1) is 0 Å². The van der Waals surface area contributed by atoms with E-state index < -0.39 is 17.6 Å². The minimum absolute atomic E-state index is 0.279. The molecule has 0 aliphatic carbocycles. The van der Waals surface area contributed by atoms with Crippen molar-refractivity contribution in [1.29, 1.82) is 0 Å². The molecule has 1 aromatic rings. The molecule has 0 fully saturated rings. The zero-order valence-corrected chi connectivity index (χ0v) is 13.5. The molecule has 1 rings (SSSR count). The van der Waals surface area contributed by atoms with Crippen LogP contribution in [0.3, 0.4) is 0 Å². The van der Waals surface area contributed by atoms with Crippen LogP contribution >= 0.6 is 0 Å². The van der Waals surface area contributed by atoms with Gasteiger partial charge in [0.15, 0.2) is 0 Å². The van der Waals surface area contributed by atoms with Gasteiger partial charge >= 0.3 is 12.1 Å². The predicted octanol–water partition coefficient (Wildman–Crippen LogP) is 2.17. The summed E-state index contributed by atoms with van der Waals surface area (Å²) in [5.74, 6) is -0.411. The largest absolute Gasteiger partial charge is 0.465 e. The van der Waals surface area contributed by atoms with Crippen LogP contribution in [0.2, 0.25) is 0 Å². The molecule has 22 heavy (non-hydrogen) atoms. The highest BCUT2D eigenvalue weighted by Gasteiger charge is 2.29. The van der Waals surface area contributed by atoms with E-state index in [9.17, 15) is 9.59 Å². The highest BCUT2D eigenvalue weighted by molar-refractivity contribution is 5.91. The van der Waals surface area contributed by atoms with E-state index >= 15 is 0 Å². The molecular weight excluding hydrogens is 286 g/mol. The number of carbonyl (C=O) groups is 2. The zero-order chi connectivity index (χ0) is 16.6. The molecule has 0 radical (unpaired) electrons. The quantitative estimate of drug-likeness (QED) is 0.781. The third-order valence-electron chi connectivity index (χ3n) is 3.15. The van der Waals surface area contributed by atoms with E-state index in [0.29, 0.717) is 12.0 Å². The Balaban J connectivity index is 3.00. The highest BCUT2D eigenvalue weighted by Crippen LogP contribution is 2.19. The first-order chi connectivity index (χ1) is 10.5. The maximum Gasteiger partial charge on any atom is 0.407 e. The van der Waals surface area contributed by atoms with Gasteiger partial charge in [-0.1, -0.05) is 18.2 Å². The summed E-state index contributed by atoms with van der Waals surface area (Å²) in [7, 11) is 2.89. The first-order valence-electron chi connectivity index (χ1n) is 7.06. The molecule has 0 aliphatic heterocycles. The van der Waals surface area contributed by atoms with Gasteiger partial charge < -0.3 is 19.5 Å². The van der Waals surface area contributed by atoms with Gasteiger partial charge in [-0.05, 0) is 31.9 Å². The maximum absolute atomic E-state index is 11.8. The van der Waals surface area contributed by atoms with E-state index in [-0.39, 0.29) is 13.2 Å². The molecule has 1 atom stereocenters. The second-order valence-corrected chi connectivity index (χ2v) is 5.16. The third kappa shape index (κ3) is 5.04. The van der Waals surface area contributed by atoms with Crippen molar-refractivity contribution in [2.24, 2.45) is 0 Å². The average Bonchev–Trinajstić information content (AvgIpc) is 2.47. The summed E-state index contributed by atoms with van der Waals surface area (Å²) < 4.78 is 14.9. The summed E-state index contributed by atoms with van der Waals surface area (Å²) in [6.45, 7) is 4.14. The van der Waals surface area contributed by atoms with Gasteiger partial charge in [-0.2, -0.15) is 0 Å². The molecule has 0 aromatic heterocycles. The number of hydrogen-bond donors (Lipinski definition) is 1. The van der Waals surface area contributed by atoms with Gasteiger partial charge in [0.25, 0.3) is 0 Å². The van der Waals surface area contributed by atoms with Crippen molar-refractivity contribution < 1.29 is 23.8 Å². The van der Waals surface area contributed by atoms with Crippen molar-refractivity contribution in [3.8, 4) is 0 Å². The van der Waals surface area contributed by atoms with Crippen molar-refractivity contribution >= 4 is 12.1 Å². The van der Waals surface area contributed by atoms with Gasteiger partial charge in [0.05, 0.1) is 31.4 Å². The lowest BCUT2D eigenvalue weighted by Gasteiger charge is -2.30. The molecule has 0 saturated heterocycles. The molecule has 1 unspecified atom stereocenters. The molecule has 0 heterocycles. The van der Waals surface area contributed by atoms with E-state index in [0.717, 1.165) is 5.56 Å². The number of nitrogens with one attached hydrogen (secondary N) is 1. The van der Waals surface area contributed by atoms with Gasteiger partial charge in [-0.15, -0.1) is 0 Å². The first kappa shape index (κ1) is 18.0. The van der Waals surface area contributed by atoms with E-state index in [2.05, 4.69) is 5.32 Å². The van der Waals surface area contributed by atoms with Crippen LogP contribution in [0.25, 0.3) is 0 Å². The van der Waals surface area contributed by atoms with Crippen molar-refractivity contribution in [1.82, 2.24) is 5.32 Å². The minimum Gasteiger partial charge on any atom is -0.465 e. The molecule has 0 saturated carbocycles. The van der Waals surface area contributed by atoms with Gasteiger partial charge in [-0.25, -0.2) is 9.59 Å². The van der Waals surface area contributed by atoms with Crippen LogP contribution in [-0.4, -0.2) is 45.0 Å². The molecule has 1 amide bonds. The van der Waals surface area contributed by atoms with Gasteiger partial charge in [-0.3, -0.25) is 0 Å². The minimum atomic E-state index is -0.703. The first-order valence-corrected chi connectivity index (χ1v) is 7.06. The Bertz CT molecular complexity index is 517. The van der Waals surface area contributed by atoms with Crippen LogP contribution in [0.5, 0.6) is 0 Å². The Morgan fingerprint density at radius 2 is 1.91 bits per heavy atom. The Kier molecular flexibility index (Phi) is 6.85. The second-order valence-electron chi connectivity index (χ2n) is 5.16. The van der Waals surface area contributed by atoms with Crippen molar-refractivity contribution in [2.45, 2.75) is 25.8 Å². The summed E-state index contributed by atoms with van der Waals surface area (Å²) in [5.41, 5.74) is 0.536. The number of amides is 1. The topological polar surface area (TPSA) is 73.9 Å². The molecule has 0 aliphatic rings. The SMILES string of the molecule is CCOC(=O)NC(C)(COC)Cc1ccccc1C(=O)OC. The summed E-state index contributed by atoms with van der Waals surface area (Å²) in [5, 5.41) is 2.79. The second kappa shape index (κ2) is 8.38. The van der Waals surface area contributed by atoms with Crippen molar-refractivity contribution in [3.05, 3.63) is 35.4 Å². The molecular formula is C16H23NO5. The Labute approximate surface area is 130 Å².